The number of nitrogens with one attached hydrogen (secondary N) is 3. The largest absolute Gasteiger partial charge is 0.478 e. The number of hydrogen-bond donors (Lipinski definition) is 5. The first-order chi connectivity index (χ1) is 36.5. The van der Waals surface area contributed by atoms with E-state index in [1.165, 1.54) is 16.7 Å². The fraction of sp³-hybridized carbons (Fsp3) is 0.296. The summed E-state index contributed by atoms with van der Waals surface area (Å²) >= 11 is 12.9. The lowest BCUT2D eigenvalue weighted by atomic mass is 9.91. The first-order valence-corrected chi connectivity index (χ1v) is 24.5. The fourth-order valence-electron chi connectivity index (χ4n) is 9.30. The van der Waals surface area contributed by atoms with Crippen LogP contribution in [0.3, 0.4) is 0 Å². The van der Waals surface area contributed by atoms with Crippen molar-refractivity contribution in [2.24, 2.45) is 5.73 Å². The number of benzene rings is 4. The number of fused-ring (bicyclic) bond motifs is 2. The van der Waals surface area contributed by atoms with Gasteiger partial charge in [0, 0.05) is 47.4 Å². The monoisotopic (exact) mass is 1120 g/mol. The second-order valence-electron chi connectivity index (χ2n) is 17.8. The highest BCUT2D eigenvalue weighted by Gasteiger charge is 2.28. The first kappa shape index (κ1) is 58.7. The van der Waals surface area contributed by atoms with Crippen LogP contribution in [0.1, 0.15) is 115 Å². The third-order valence-corrected chi connectivity index (χ3v) is 13.4. The van der Waals surface area contributed by atoms with Gasteiger partial charge < -0.3 is 26.8 Å². The molecule has 0 unspecified atom stereocenters. The molecule has 10 rings (SSSR count). The number of carboxylic acids is 1. The van der Waals surface area contributed by atoms with Crippen molar-refractivity contribution in [1.29, 1.82) is 0 Å². The van der Waals surface area contributed by atoms with E-state index in [9.17, 15) is 43.0 Å². The van der Waals surface area contributed by atoms with E-state index in [1.807, 2.05) is 12.1 Å². The topological polar surface area (TPSA) is 254 Å². The lowest BCUT2D eigenvalue weighted by Crippen LogP contribution is -2.42. The Morgan fingerprint density at radius 2 is 1.16 bits per heavy atom. The van der Waals surface area contributed by atoms with Crippen LogP contribution in [0.2, 0.25) is 10.0 Å². The molecule has 77 heavy (non-hydrogen) atoms. The van der Waals surface area contributed by atoms with Crippen LogP contribution >= 0.6 is 35.6 Å². The number of nitro benzene ring substituents is 2. The van der Waals surface area contributed by atoms with Crippen LogP contribution in [-0.2, 0) is 12.8 Å². The van der Waals surface area contributed by atoms with Gasteiger partial charge in [0.1, 0.15) is 11.6 Å². The predicted molar refractivity (Wildman–Crippen MR) is 294 cm³/mol. The molecule has 0 bridgehead atoms. The molecule has 0 spiro atoms. The molecule has 2 fully saturated rings. The summed E-state index contributed by atoms with van der Waals surface area (Å²) in [6.07, 6.45) is 16.7. The molecule has 4 aliphatic carbocycles. The number of nitrogens with two attached hydrogens (primary N) is 1. The minimum absolute atomic E-state index is 0. The molecule has 2 aromatic heterocycles. The van der Waals surface area contributed by atoms with Crippen LogP contribution < -0.4 is 21.7 Å². The highest BCUT2D eigenvalue weighted by atomic mass is 35.5. The minimum Gasteiger partial charge on any atom is -0.478 e. The summed E-state index contributed by atoms with van der Waals surface area (Å²) in [5, 5.41) is 40.0. The molecule has 4 aliphatic rings. The van der Waals surface area contributed by atoms with Gasteiger partial charge in [-0.1, -0.05) is 91.3 Å². The van der Waals surface area contributed by atoms with Gasteiger partial charge in [0.2, 0.25) is 11.9 Å². The molecule has 4 atom stereocenters. The van der Waals surface area contributed by atoms with Crippen molar-refractivity contribution in [3.05, 3.63) is 196 Å². The Labute approximate surface area is 459 Å². The minimum atomic E-state index is -1.45. The van der Waals surface area contributed by atoms with E-state index >= 15 is 0 Å². The van der Waals surface area contributed by atoms with Crippen molar-refractivity contribution < 1.29 is 39.1 Å². The van der Waals surface area contributed by atoms with E-state index in [1.54, 1.807) is 12.4 Å². The number of carbonyl (C=O) groups is 2. The number of allylic oxidation sites excluding steroid dienone is 2. The summed E-state index contributed by atoms with van der Waals surface area (Å²) in [5.74, 6) is -2.98. The number of nitro groups is 2. The molecule has 6 N–H and O–H groups in total. The Balaban J connectivity index is 0.000000229. The van der Waals surface area contributed by atoms with Crippen molar-refractivity contribution >= 4 is 81.9 Å². The number of non-ortho nitro benzene ring substituents is 2. The SMILES string of the molecule is C.Cl.N[C@H]1CCC[C@@H](Nc2ncc(Cl)c(C3=CCc4ccccc43)n2)C1.O=C(N[C@H]1CCC[C@@H](Nc2ncc(Cl)c(C3=CCc4ccccc43)n2)C1)c1ccc([N+](=O)[O-])cc1F.O=C(O)c1ccc([N+](=O)[O-])cc1F.[2H]CF. The number of aromatic carboxylic acids is 1. The van der Waals surface area contributed by atoms with E-state index in [4.69, 9.17) is 45.4 Å². The number of amides is 1. The van der Waals surface area contributed by atoms with Gasteiger partial charge in [0.15, 0.2) is 0 Å². The van der Waals surface area contributed by atoms with Gasteiger partial charge in [0.05, 0.1) is 75.5 Å². The summed E-state index contributed by atoms with van der Waals surface area (Å²) in [6.45, 7) is 0. The van der Waals surface area contributed by atoms with Crippen LogP contribution in [-0.4, -0.2) is 78.1 Å². The second-order valence-corrected chi connectivity index (χ2v) is 18.6. The normalized spacial score (nSPS) is 17.8. The number of nitrogens with zero attached hydrogens (tertiary/aromatic N) is 6. The summed E-state index contributed by atoms with van der Waals surface area (Å²) in [7, 11) is -1.00. The summed E-state index contributed by atoms with van der Waals surface area (Å²) in [6, 6.07) is 22.4. The molecular formula is C54H56Cl3F3N10O7. The average molecular weight is 1120 g/mol. The number of halogens is 6. The number of rotatable bonds is 11. The molecule has 2 saturated carbocycles. The van der Waals surface area contributed by atoms with Crippen molar-refractivity contribution in [2.45, 2.75) is 95.8 Å². The van der Waals surface area contributed by atoms with Crippen molar-refractivity contribution in [3.63, 3.8) is 0 Å². The third-order valence-electron chi connectivity index (χ3n) is 12.9. The Bertz CT molecular complexity index is 3200. The van der Waals surface area contributed by atoms with Crippen LogP contribution in [0.4, 0.5) is 36.4 Å². The molecule has 2 heterocycles. The van der Waals surface area contributed by atoms with Gasteiger partial charge in [-0.15, -0.1) is 12.4 Å². The Hall–Kier alpha value is -7.52. The zero-order chi connectivity index (χ0) is 54.5. The highest BCUT2D eigenvalue weighted by molar-refractivity contribution is 6.32. The van der Waals surface area contributed by atoms with Crippen molar-refractivity contribution in [1.82, 2.24) is 25.3 Å². The zero-order valence-corrected chi connectivity index (χ0v) is 42.8. The van der Waals surface area contributed by atoms with E-state index in [-0.39, 0.29) is 43.5 Å². The van der Waals surface area contributed by atoms with Crippen molar-refractivity contribution in [2.75, 3.05) is 17.8 Å². The van der Waals surface area contributed by atoms with Gasteiger partial charge >= 0.3 is 5.97 Å². The predicted octanol–water partition coefficient (Wildman–Crippen LogP) is 12.2. The highest BCUT2D eigenvalue weighted by Crippen LogP contribution is 2.37. The summed E-state index contributed by atoms with van der Waals surface area (Å²) < 4.78 is 42.5. The van der Waals surface area contributed by atoms with Gasteiger partial charge in [-0.3, -0.25) is 29.4 Å². The summed E-state index contributed by atoms with van der Waals surface area (Å²) in [5.41, 5.74) is 12.8. The molecule has 4 aromatic carbocycles. The molecule has 0 saturated heterocycles. The van der Waals surface area contributed by atoms with E-state index < -0.39 is 57.4 Å². The number of aromatic nitrogens is 4. The molecular weight excluding hydrogens is 1060 g/mol. The fourth-order valence-corrected chi connectivity index (χ4v) is 9.68. The van der Waals surface area contributed by atoms with E-state index in [2.05, 4.69) is 74.5 Å². The molecule has 23 heteroatoms. The Morgan fingerprint density at radius 3 is 1.61 bits per heavy atom. The molecule has 406 valence electrons. The van der Waals surface area contributed by atoms with Gasteiger partial charge in [-0.05, 0) is 98.6 Å². The van der Waals surface area contributed by atoms with E-state index in [0.29, 0.717) is 46.2 Å². The van der Waals surface area contributed by atoms with Crippen molar-refractivity contribution in [3.8, 4) is 0 Å². The summed E-state index contributed by atoms with van der Waals surface area (Å²) in [4.78, 5) is 60.5. The van der Waals surface area contributed by atoms with Crippen LogP contribution in [0.5, 0.6) is 0 Å². The van der Waals surface area contributed by atoms with Gasteiger partial charge in [-0.25, -0.2) is 33.5 Å². The van der Waals surface area contributed by atoms with Crippen LogP contribution in [0.25, 0.3) is 11.1 Å². The lowest BCUT2D eigenvalue weighted by molar-refractivity contribution is -0.385. The Kier molecular flexibility index (Phi) is 21.4. The number of carbonyl (C=O) groups excluding carboxylic acids is 1. The number of anilines is 2. The molecule has 17 nitrogen and oxygen atoms in total. The van der Waals surface area contributed by atoms with E-state index in [0.717, 1.165) is 111 Å². The standard InChI is InChI=1S/C26H23ClFN5O3.C19H21ClN4.C7H4FNO4.CH3F.CH4.ClH/c27-22-14-29-26(32-24(22)20-10-8-15-4-1-2-7-19(15)20)31-17-6-3-5-16(12-17)30-25(34)21-11-9-18(33(35)36)13-23(21)28;20-17-11-22-19(23-14-6-3-5-13(21)10-14)24-18(17)16-9-8-12-4-1-2-7-15(12)16;8-6-3-4(9(12)13)1-2-5(6)7(10)11;1-2;;/h1-2,4,7,9-11,13-14,16-17H,3,5-6,8,12H2,(H,30,34)(H,29,31,32);1-2,4,7,9,11,13-14H,3,5-6,8,10,21H2,(H,22,23,24);1-3H,(H,10,11);1H3;1H4;1H/t16-,17+;13-,14+;;;;/m00..../s1/i;;;1D;;. The number of alkyl halides is 1. The Morgan fingerprint density at radius 1 is 0.714 bits per heavy atom. The maximum Gasteiger partial charge on any atom is 0.338 e. The maximum absolute atomic E-state index is 14.3. The number of hydrogen-bond acceptors (Lipinski definition) is 13. The smallest absolute Gasteiger partial charge is 0.338 e. The molecule has 0 aliphatic heterocycles. The van der Waals surface area contributed by atoms with Crippen LogP contribution in [0.15, 0.2) is 109 Å². The first-order valence-electron chi connectivity index (χ1n) is 24.4. The maximum atomic E-state index is 14.3. The quantitative estimate of drug-likeness (QED) is 0.0598. The van der Waals surface area contributed by atoms with Gasteiger partial charge in [0.25, 0.3) is 17.3 Å². The molecule has 0 radical (unpaired) electrons. The zero-order valence-electron chi connectivity index (χ0n) is 41.4. The molecule has 6 aromatic rings. The third kappa shape index (κ3) is 15.3. The van der Waals surface area contributed by atoms with Gasteiger partial charge in [-0.2, -0.15) is 0 Å². The lowest BCUT2D eigenvalue weighted by Gasteiger charge is -2.30. The molecule has 1 amide bonds. The second kappa shape index (κ2) is 28.0. The average Bonchev–Trinajstić information content (AvgIpc) is 4.06. The number of carboxylic acid groups (broad SMARTS) is 1. The van der Waals surface area contributed by atoms with Crippen LogP contribution in [0, 0.1) is 31.9 Å².